The highest BCUT2D eigenvalue weighted by Gasteiger charge is 2.21. The molecule has 0 unspecified atom stereocenters. The minimum absolute atomic E-state index is 0.323. The fraction of sp³-hybridized carbons (Fsp3) is 0.923. The van der Waals surface area contributed by atoms with Gasteiger partial charge in [-0.25, -0.2) is 0 Å². The van der Waals surface area contributed by atoms with Gasteiger partial charge in [-0.3, -0.25) is 4.79 Å². The summed E-state index contributed by atoms with van der Waals surface area (Å²) in [5, 5.41) is 0. The topological polar surface area (TPSA) is 46.3 Å². The highest BCUT2D eigenvalue weighted by atomic mass is 16.2. The van der Waals surface area contributed by atoms with E-state index in [1.54, 1.807) is 0 Å². The van der Waals surface area contributed by atoms with Crippen LogP contribution in [0.25, 0.3) is 0 Å². The highest BCUT2D eigenvalue weighted by Crippen LogP contribution is 2.22. The van der Waals surface area contributed by atoms with Crippen LogP contribution in [0.3, 0.4) is 0 Å². The molecule has 3 heteroatoms. The Morgan fingerprint density at radius 1 is 1.19 bits per heavy atom. The smallest absolute Gasteiger partial charge is 0.222 e. The highest BCUT2D eigenvalue weighted by molar-refractivity contribution is 5.76. The Morgan fingerprint density at radius 3 is 2.50 bits per heavy atom. The van der Waals surface area contributed by atoms with Gasteiger partial charge < -0.3 is 10.6 Å². The van der Waals surface area contributed by atoms with Gasteiger partial charge in [-0.2, -0.15) is 0 Å². The van der Waals surface area contributed by atoms with Crippen molar-refractivity contribution in [3.05, 3.63) is 0 Å². The van der Waals surface area contributed by atoms with E-state index in [-0.39, 0.29) is 0 Å². The molecule has 0 aliphatic heterocycles. The van der Waals surface area contributed by atoms with Crippen molar-refractivity contribution in [2.75, 3.05) is 13.6 Å². The minimum Gasteiger partial charge on any atom is -0.343 e. The Balaban J connectivity index is 2.18. The molecule has 0 heterocycles. The molecule has 1 amide bonds. The molecule has 0 saturated heterocycles. The quantitative estimate of drug-likeness (QED) is 0.706. The average Bonchev–Trinajstić information content (AvgIpc) is 2.34. The lowest BCUT2D eigenvalue weighted by Crippen LogP contribution is -2.38. The zero-order valence-electron chi connectivity index (χ0n) is 10.6. The number of carbonyl (C=O) groups is 1. The number of amides is 1. The van der Waals surface area contributed by atoms with Gasteiger partial charge >= 0.3 is 0 Å². The molecule has 1 aliphatic rings. The van der Waals surface area contributed by atoms with Crippen LogP contribution in [0.15, 0.2) is 0 Å². The number of unbranched alkanes of at least 4 members (excludes halogenated alkanes) is 2. The van der Waals surface area contributed by atoms with E-state index < -0.39 is 0 Å². The Labute approximate surface area is 99.4 Å². The molecule has 0 spiro atoms. The lowest BCUT2D eigenvalue weighted by molar-refractivity contribution is -0.132. The lowest BCUT2D eigenvalue weighted by Gasteiger charge is -2.31. The zero-order valence-corrected chi connectivity index (χ0v) is 10.6. The van der Waals surface area contributed by atoms with E-state index in [0.717, 1.165) is 25.8 Å². The summed E-state index contributed by atoms with van der Waals surface area (Å²) in [4.78, 5) is 13.9. The largest absolute Gasteiger partial charge is 0.343 e. The summed E-state index contributed by atoms with van der Waals surface area (Å²) >= 11 is 0. The van der Waals surface area contributed by atoms with Crippen molar-refractivity contribution in [1.82, 2.24) is 4.90 Å². The number of nitrogens with zero attached hydrogens (tertiary/aromatic N) is 1. The number of nitrogens with two attached hydrogens (primary N) is 1. The third-order valence-corrected chi connectivity index (χ3v) is 3.61. The summed E-state index contributed by atoms with van der Waals surface area (Å²) in [6, 6.07) is 0.510. The molecule has 0 aromatic rings. The van der Waals surface area contributed by atoms with Crippen LogP contribution in [-0.4, -0.2) is 30.4 Å². The summed E-state index contributed by atoms with van der Waals surface area (Å²) in [6.07, 6.45) is 10.1. The minimum atomic E-state index is 0.323. The van der Waals surface area contributed by atoms with Crippen molar-refractivity contribution in [3.8, 4) is 0 Å². The molecule has 94 valence electrons. The van der Waals surface area contributed by atoms with Crippen molar-refractivity contribution in [2.24, 2.45) is 5.73 Å². The Morgan fingerprint density at radius 2 is 1.88 bits per heavy atom. The Hall–Kier alpha value is -0.570. The molecule has 3 nitrogen and oxygen atoms in total. The van der Waals surface area contributed by atoms with Gasteiger partial charge in [0.1, 0.15) is 0 Å². The molecule has 1 fully saturated rings. The molecular formula is C13H26N2O. The van der Waals surface area contributed by atoms with Crippen molar-refractivity contribution in [1.29, 1.82) is 0 Å². The van der Waals surface area contributed by atoms with Gasteiger partial charge in [-0.1, -0.05) is 25.7 Å². The first kappa shape index (κ1) is 13.5. The molecule has 1 aliphatic carbocycles. The van der Waals surface area contributed by atoms with Crippen LogP contribution in [0, 0.1) is 0 Å². The first-order valence-electron chi connectivity index (χ1n) is 6.71. The maximum Gasteiger partial charge on any atom is 0.222 e. The van der Waals surface area contributed by atoms with Crippen molar-refractivity contribution < 1.29 is 4.79 Å². The second-order valence-corrected chi connectivity index (χ2v) is 4.90. The van der Waals surface area contributed by atoms with Crippen LogP contribution in [0.4, 0.5) is 0 Å². The molecule has 0 atom stereocenters. The Kier molecular flexibility index (Phi) is 6.46. The molecule has 2 N–H and O–H groups in total. The standard InChI is InChI=1S/C13H26N2O/c1-15(12-8-4-2-5-9-12)13(16)10-6-3-7-11-14/h12H,2-11,14H2,1H3. The fourth-order valence-corrected chi connectivity index (χ4v) is 2.45. The normalized spacial score (nSPS) is 17.4. The molecule has 0 radical (unpaired) electrons. The van der Waals surface area contributed by atoms with E-state index in [1.807, 2.05) is 11.9 Å². The third-order valence-electron chi connectivity index (χ3n) is 3.61. The van der Waals surface area contributed by atoms with Crippen molar-refractivity contribution >= 4 is 5.91 Å². The summed E-state index contributed by atoms with van der Waals surface area (Å²) in [7, 11) is 1.97. The SMILES string of the molecule is CN(C(=O)CCCCCN)C1CCCCC1. The molecule has 16 heavy (non-hydrogen) atoms. The first-order valence-corrected chi connectivity index (χ1v) is 6.71. The summed E-state index contributed by atoms with van der Waals surface area (Å²) < 4.78 is 0. The average molecular weight is 226 g/mol. The number of hydrogen-bond donors (Lipinski definition) is 1. The van der Waals surface area contributed by atoms with E-state index in [9.17, 15) is 4.79 Å². The third kappa shape index (κ3) is 4.52. The molecule has 1 rings (SSSR count). The number of rotatable bonds is 6. The Bertz CT molecular complexity index is 200. The number of carbonyl (C=O) groups excluding carboxylic acids is 1. The van der Waals surface area contributed by atoms with E-state index in [2.05, 4.69) is 0 Å². The van der Waals surface area contributed by atoms with Crippen LogP contribution >= 0.6 is 0 Å². The van der Waals surface area contributed by atoms with Gasteiger partial charge in [0, 0.05) is 19.5 Å². The maximum absolute atomic E-state index is 11.9. The summed E-state index contributed by atoms with van der Waals surface area (Å²) in [6.45, 7) is 0.743. The van der Waals surface area contributed by atoms with Crippen molar-refractivity contribution in [2.45, 2.75) is 63.8 Å². The van der Waals surface area contributed by atoms with Gasteiger partial charge in [-0.15, -0.1) is 0 Å². The molecule has 0 aromatic carbocycles. The second-order valence-electron chi connectivity index (χ2n) is 4.90. The predicted molar refractivity (Wildman–Crippen MR) is 67.2 cm³/mol. The van der Waals surface area contributed by atoms with Crippen LogP contribution in [0.1, 0.15) is 57.8 Å². The van der Waals surface area contributed by atoms with Crippen LogP contribution < -0.4 is 5.73 Å². The van der Waals surface area contributed by atoms with E-state index in [0.29, 0.717) is 18.4 Å². The monoisotopic (exact) mass is 226 g/mol. The van der Waals surface area contributed by atoms with Gasteiger partial charge in [0.2, 0.25) is 5.91 Å². The van der Waals surface area contributed by atoms with Crippen LogP contribution in [-0.2, 0) is 4.79 Å². The second kappa shape index (κ2) is 7.66. The van der Waals surface area contributed by atoms with Gasteiger partial charge in [0.25, 0.3) is 0 Å². The number of hydrogen-bond acceptors (Lipinski definition) is 2. The van der Waals surface area contributed by atoms with Crippen LogP contribution in [0.5, 0.6) is 0 Å². The summed E-state index contributed by atoms with van der Waals surface area (Å²) in [5.74, 6) is 0.323. The summed E-state index contributed by atoms with van der Waals surface area (Å²) in [5.41, 5.74) is 5.43. The van der Waals surface area contributed by atoms with Gasteiger partial charge in [0.15, 0.2) is 0 Å². The van der Waals surface area contributed by atoms with E-state index >= 15 is 0 Å². The van der Waals surface area contributed by atoms with Crippen LogP contribution in [0.2, 0.25) is 0 Å². The molecular weight excluding hydrogens is 200 g/mol. The lowest BCUT2D eigenvalue weighted by atomic mass is 9.94. The fourth-order valence-electron chi connectivity index (χ4n) is 2.45. The maximum atomic E-state index is 11.9. The molecule has 0 aromatic heterocycles. The van der Waals surface area contributed by atoms with E-state index in [4.69, 9.17) is 5.73 Å². The van der Waals surface area contributed by atoms with Gasteiger partial charge in [-0.05, 0) is 32.2 Å². The van der Waals surface area contributed by atoms with Gasteiger partial charge in [0.05, 0.1) is 0 Å². The van der Waals surface area contributed by atoms with E-state index in [1.165, 1.54) is 32.1 Å². The van der Waals surface area contributed by atoms with Crippen molar-refractivity contribution in [3.63, 3.8) is 0 Å². The molecule has 1 saturated carbocycles. The predicted octanol–water partition coefficient (Wildman–Crippen LogP) is 2.30. The molecule has 0 bridgehead atoms. The zero-order chi connectivity index (χ0) is 11.8. The first-order chi connectivity index (χ1) is 7.75.